The van der Waals surface area contributed by atoms with Gasteiger partial charge in [0.15, 0.2) is 0 Å². The minimum absolute atomic E-state index is 0.140. The van der Waals surface area contributed by atoms with Crippen LogP contribution in [0.25, 0.3) is 10.4 Å². The van der Waals surface area contributed by atoms with Gasteiger partial charge in [0.25, 0.3) is 11.8 Å². The number of rotatable bonds is 4. The number of nitrogens with zero attached hydrogens (tertiary/aromatic N) is 3. The maximum atomic E-state index is 14.3. The number of hydrogen-bond acceptors (Lipinski definition) is 6. The first-order valence-corrected chi connectivity index (χ1v) is 14.9. The molecule has 2 aromatic carbocycles. The molecule has 0 unspecified atom stereocenters. The Balaban J connectivity index is 1.29. The largest absolute Gasteiger partial charge is 0.355 e. The van der Waals surface area contributed by atoms with E-state index in [1.807, 2.05) is 54.2 Å². The summed E-state index contributed by atoms with van der Waals surface area (Å²) in [6.07, 6.45) is 0.585. The zero-order valence-electron chi connectivity index (χ0n) is 21.4. The van der Waals surface area contributed by atoms with Gasteiger partial charge in [-0.1, -0.05) is 36.4 Å². The molecule has 2 aromatic heterocycles. The van der Waals surface area contributed by atoms with Gasteiger partial charge in [0.05, 0.1) is 16.3 Å². The minimum atomic E-state index is -0.460. The van der Waals surface area contributed by atoms with Crippen LogP contribution in [0.3, 0.4) is 0 Å². The molecule has 0 spiro atoms. The van der Waals surface area contributed by atoms with Gasteiger partial charge in [0, 0.05) is 41.6 Å². The minimum Gasteiger partial charge on any atom is -0.355 e. The van der Waals surface area contributed by atoms with Crippen LogP contribution in [-0.4, -0.2) is 47.9 Å². The van der Waals surface area contributed by atoms with Crippen LogP contribution in [0.5, 0.6) is 0 Å². The number of aryl methyl sites for hydroxylation is 1. The highest BCUT2D eigenvalue weighted by atomic mass is 32.2. The maximum absolute atomic E-state index is 14.3. The lowest BCUT2D eigenvalue weighted by atomic mass is 10.1. The third-order valence-corrected chi connectivity index (χ3v) is 9.22. The average molecular weight is 559 g/mol. The SMILES string of the molecule is Cc1cccc(F)c1NC(=O)c1cc2c(s1)-c1ccccc1N(C(=O)c1cccc(N3CCSCC3)n1)CC2. The molecule has 39 heavy (non-hydrogen) atoms. The van der Waals surface area contributed by atoms with Crippen LogP contribution in [0.1, 0.15) is 31.3 Å². The predicted octanol–water partition coefficient (Wildman–Crippen LogP) is 6.27. The number of carbonyl (C=O) groups is 2. The highest BCUT2D eigenvalue weighted by molar-refractivity contribution is 7.99. The van der Waals surface area contributed by atoms with Crippen molar-refractivity contribution in [3.8, 4) is 10.4 Å². The molecule has 2 aliphatic rings. The molecule has 2 aliphatic heterocycles. The Kier molecular flexibility index (Phi) is 7.10. The third-order valence-electron chi connectivity index (χ3n) is 7.07. The highest BCUT2D eigenvalue weighted by Gasteiger charge is 2.28. The Bertz CT molecular complexity index is 1540. The summed E-state index contributed by atoms with van der Waals surface area (Å²) in [5.74, 6) is 2.01. The van der Waals surface area contributed by atoms with Crippen molar-refractivity contribution in [1.82, 2.24) is 4.98 Å². The molecule has 4 heterocycles. The molecule has 2 amide bonds. The summed E-state index contributed by atoms with van der Waals surface area (Å²) in [5, 5.41) is 2.74. The second-order valence-corrected chi connectivity index (χ2v) is 11.8. The molecule has 198 valence electrons. The monoisotopic (exact) mass is 558 g/mol. The Hall–Kier alpha value is -3.69. The summed E-state index contributed by atoms with van der Waals surface area (Å²) in [6.45, 7) is 4.07. The van der Waals surface area contributed by atoms with Crippen molar-refractivity contribution in [2.75, 3.05) is 46.3 Å². The summed E-state index contributed by atoms with van der Waals surface area (Å²) in [7, 11) is 0. The van der Waals surface area contributed by atoms with Gasteiger partial charge < -0.3 is 15.1 Å². The van der Waals surface area contributed by atoms with Crippen molar-refractivity contribution in [1.29, 1.82) is 0 Å². The fraction of sp³-hybridized carbons (Fsp3) is 0.233. The first-order chi connectivity index (χ1) is 19.0. The number of para-hydroxylation sites is 2. The van der Waals surface area contributed by atoms with Crippen molar-refractivity contribution in [3.05, 3.63) is 94.2 Å². The van der Waals surface area contributed by atoms with Gasteiger partial charge in [-0.05, 0) is 54.8 Å². The zero-order valence-corrected chi connectivity index (χ0v) is 23.1. The number of benzene rings is 2. The second-order valence-electron chi connectivity index (χ2n) is 9.56. The standard InChI is InChI=1S/C30H27FN4O2S2/c1-19-6-4-8-22(31)27(19)33-29(36)25-18-20-12-13-35(24-10-3-2-7-21(24)28(20)39-25)30(37)23-9-5-11-26(32-23)34-14-16-38-17-15-34/h2-11,18H,12-17H2,1H3,(H,33,36). The molecule has 0 aliphatic carbocycles. The van der Waals surface area contributed by atoms with Crippen LogP contribution >= 0.6 is 23.1 Å². The predicted molar refractivity (Wildman–Crippen MR) is 158 cm³/mol. The van der Waals surface area contributed by atoms with E-state index in [-0.39, 0.29) is 17.5 Å². The van der Waals surface area contributed by atoms with E-state index in [1.165, 1.54) is 17.4 Å². The number of hydrogen-bond donors (Lipinski definition) is 1. The van der Waals surface area contributed by atoms with Gasteiger partial charge in [0.2, 0.25) is 0 Å². The van der Waals surface area contributed by atoms with E-state index in [0.717, 1.165) is 52.1 Å². The van der Waals surface area contributed by atoms with Crippen molar-refractivity contribution in [2.24, 2.45) is 0 Å². The molecule has 0 atom stereocenters. The van der Waals surface area contributed by atoms with Gasteiger partial charge in [-0.3, -0.25) is 9.59 Å². The number of pyridine rings is 1. The maximum Gasteiger partial charge on any atom is 0.276 e. The number of anilines is 3. The van der Waals surface area contributed by atoms with Crippen molar-refractivity contribution in [2.45, 2.75) is 13.3 Å². The first-order valence-electron chi connectivity index (χ1n) is 12.9. The van der Waals surface area contributed by atoms with Gasteiger partial charge in [-0.2, -0.15) is 11.8 Å². The molecule has 0 saturated carbocycles. The summed E-state index contributed by atoms with van der Waals surface area (Å²) < 4.78 is 14.3. The average Bonchev–Trinajstić information content (AvgIpc) is 3.33. The molecule has 0 radical (unpaired) electrons. The van der Waals surface area contributed by atoms with Gasteiger partial charge >= 0.3 is 0 Å². The van der Waals surface area contributed by atoms with E-state index in [9.17, 15) is 14.0 Å². The smallest absolute Gasteiger partial charge is 0.276 e. The number of nitrogens with one attached hydrogen (secondary N) is 1. The van der Waals surface area contributed by atoms with Crippen LogP contribution in [0.15, 0.2) is 66.7 Å². The fourth-order valence-corrected chi connectivity index (χ4v) is 7.08. The molecule has 6 nitrogen and oxygen atoms in total. The molecule has 4 aromatic rings. The van der Waals surface area contributed by atoms with E-state index >= 15 is 0 Å². The number of halogens is 1. The quantitative estimate of drug-likeness (QED) is 0.320. The molecule has 9 heteroatoms. The molecule has 1 saturated heterocycles. The number of carbonyl (C=O) groups excluding carboxylic acids is 2. The lowest BCUT2D eigenvalue weighted by molar-refractivity contribution is 0.0981. The number of thioether (sulfide) groups is 1. The van der Waals surface area contributed by atoms with E-state index in [0.29, 0.717) is 29.1 Å². The summed E-state index contributed by atoms with van der Waals surface area (Å²) >= 11 is 3.30. The lowest BCUT2D eigenvalue weighted by Gasteiger charge is -2.28. The molecule has 1 fully saturated rings. The molecular formula is C30H27FN4O2S2. The summed E-state index contributed by atoms with van der Waals surface area (Å²) in [5.41, 5.74) is 3.96. The van der Waals surface area contributed by atoms with E-state index in [4.69, 9.17) is 4.98 Å². The van der Waals surface area contributed by atoms with Crippen LogP contribution in [0, 0.1) is 12.7 Å². The van der Waals surface area contributed by atoms with Crippen LogP contribution < -0.4 is 15.1 Å². The molecule has 1 N–H and O–H groups in total. The fourth-order valence-electron chi connectivity index (χ4n) is 5.03. The van der Waals surface area contributed by atoms with E-state index in [2.05, 4.69) is 10.2 Å². The number of thiophene rings is 1. The van der Waals surface area contributed by atoms with Crippen LogP contribution in [0.2, 0.25) is 0 Å². The van der Waals surface area contributed by atoms with Gasteiger partial charge in [-0.15, -0.1) is 11.3 Å². The van der Waals surface area contributed by atoms with Crippen molar-refractivity contribution in [3.63, 3.8) is 0 Å². The van der Waals surface area contributed by atoms with E-state index < -0.39 is 5.82 Å². The molecule has 6 rings (SSSR count). The normalized spacial score (nSPS) is 14.8. The second kappa shape index (κ2) is 10.8. The van der Waals surface area contributed by atoms with Gasteiger partial charge in [-0.25, -0.2) is 9.37 Å². The summed E-state index contributed by atoms with van der Waals surface area (Å²) in [4.78, 5) is 37.1. The third kappa shape index (κ3) is 5.04. The molecular weight excluding hydrogens is 531 g/mol. The topological polar surface area (TPSA) is 65.5 Å². The van der Waals surface area contributed by atoms with Crippen molar-refractivity contribution >= 4 is 52.1 Å². The lowest BCUT2D eigenvalue weighted by Crippen LogP contribution is -2.35. The number of fused-ring (bicyclic) bond motifs is 3. The zero-order chi connectivity index (χ0) is 26.9. The van der Waals surface area contributed by atoms with Crippen LogP contribution in [-0.2, 0) is 6.42 Å². The Morgan fingerprint density at radius 1 is 0.974 bits per heavy atom. The van der Waals surface area contributed by atoms with Crippen LogP contribution in [0.4, 0.5) is 21.6 Å². The Morgan fingerprint density at radius 2 is 1.77 bits per heavy atom. The van der Waals surface area contributed by atoms with E-state index in [1.54, 1.807) is 30.0 Å². The molecule has 0 bridgehead atoms. The van der Waals surface area contributed by atoms with Gasteiger partial charge in [0.1, 0.15) is 17.3 Å². The summed E-state index contributed by atoms with van der Waals surface area (Å²) in [6, 6.07) is 20.0. The number of aromatic nitrogens is 1. The first kappa shape index (κ1) is 25.6. The number of amides is 2. The Morgan fingerprint density at radius 3 is 2.59 bits per heavy atom. The Labute approximate surface area is 234 Å². The van der Waals surface area contributed by atoms with Crippen molar-refractivity contribution < 1.29 is 14.0 Å². The highest BCUT2D eigenvalue weighted by Crippen LogP contribution is 2.42.